The van der Waals surface area contributed by atoms with Crippen LogP contribution in [0.5, 0.6) is 0 Å². The van der Waals surface area contributed by atoms with Crippen LogP contribution in [-0.2, 0) is 6.42 Å². The molecule has 0 bridgehead atoms. The average Bonchev–Trinajstić information content (AvgIpc) is 2.16. The molecule has 1 rings (SSSR count). The Morgan fingerprint density at radius 1 is 1.58 bits per heavy atom. The number of pyridine rings is 1. The lowest BCUT2D eigenvalue weighted by Crippen LogP contribution is -2.22. The summed E-state index contributed by atoms with van der Waals surface area (Å²) in [4.78, 5) is 4.03. The maximum absolute atomic E-state index is 5.81. The van der Waals surface area contributed by atoms with E-state index >= 15 is 0 Å². The normalized spacial score (nSPS) is 12.9. The van der Waals surface area contributed by atoms with Crippen LogP contribution < -0.4 is 11.5 Å². The van der Waals surface area contributed by atoms with Gasteiger partial charge in [0.15, 0.2) is 0 Å². The maximum Gasteiger partial charge on any atom is 0.0437 e. The van der Waals surface area contributed by atoms with E-state index in [1.165, 1.54) is 5.56 Å². The second-order valence-electron chi connectivity index (χ2n) is 2.77. The molecular formula is C9H15N3. The SMILES string of the molecule is CCc1ccncc1[C@H](N)CN. The van der Waals surface area contributed by atoms with Crippen molar-refractivity contribution in [1.29, 1.82) is 0 Å². The minimum atomic E-state index is -0.0753. The molecule has 0 unspecified atom stereocenters. The van der Waals surface area contributed by atoms with Gasteiger partial charge in [0.05, 0.1) is 0 Å². The van der Waals surface area contributed by atoms with Crippen molar-refractivity contribution in [2.45, 2.75) is 19.4 Å². The smallest absolute Gasteiger partial charge is 0.0437 e. The van der Waals surface area contributed by atoms with Gasteiger partial charge in [0, 0.05) is 25.0 Å². The number of aromatic nitrogens is 1. The van der Waals surface area contributed by atoms with Crippen LogP contribution >= 0.6 is 0 Å². The van der Waals surface area contributed by atoms with Crippen LogP contribution in [0.15, 0.2) is 18.5 Å². The number of hydrogen-bond donors (Lipinski definition) is 2. The summed E-state index contributed by atoms with van der Waals surface area (Å²) in [5.74, 6) is 0. The van der Waals surface area contributed by atoms with Gasteiger partial charge in [-0.05, 0) is 23.6 Å². The Hall–Kier alpha value is -0.930. The van der Waals surface area contributed by atoms with Gasteiger partial charge in [-0.25, -0.2) is 0 Å². The molecule has 0 saturated heterocycles. The van der Waals surface area contributed by atoms with Crippen molar-refractivity contribution >= 4 is 0 Å². The number of hydrogen-bond acceptors (Lipinski definition) is 3. The molecule has 3 nitrogen and oxygen atoms in total. The van der Waals surface area contributed by atoms with Gasteiger partial charge in [0.2, 0.25) is 0 Å². The summed E-state index contributed by atoms with van der Waals surface area (Å²) in [6, 6.07) is 1.92. The van der Waals surface area contributed by atoms with Gasteiger partial charge in [0.1, 0.15) is 0 Å². The Labute approximate surface area is 72.8 Å². The fraction of sp³-hybridized carbons (Fsp3) is 0.444. The first-order chi connectivity index (χ1) is 5.79. The molecule has 0 spiro atoms. The van der Waals surface area contributed by atoms with Gasteiger partial charge in [-0.3, -0.25) is 4.98 Å². The minimum absolute atomic E-state index is 0.0753. The summed E-state index contributed by atoms with van der Waals surface area (Å²) in [5.41, 5.74) is 13.6. The summed E-state index contributed by atoms with van der Waals surface area (Å²) < 4.78 is 0. The Morgan fingerprint density at radius 3 is 2.92 bits per heavy atom. The molecule has 12 heavy (non-hydrogen) atoms. The zero-order chi connectivity index (χ0) is 8.97. The molecule has 1 aromatic heterocycles. The maximum atomic E-state index is 5.81. The van der Waals surface area contributed by atoms with E-state index in [1.807, 2.05) is 6.07 Å². The molecular weight excluding hydrogens is 150 g/mol. The number of aryl methyl sites for hydroxylation is 1. The summed E-state index contributed by atoms with van der Waals surface area (Å²) in [5, 5.41) is 0. The third-order valence-corrected chi connectivity index (χ3v) is 1.98. The zero-order valence-corrected chi connectivity index (χ0v) is 7.33. The van der Waals surface area contributed by atoms with Gasteiger partial charge < -0.3 is 11.5 Å². The Bertz CT molecular complexity index is 247. The van der Waals surface area contributed by atoms with Crippen LogP contribution in [0.2, 0.25) is 0 Å². The minimum Gasteiger partial charge on any atom is -0.329 e. The highest BCUT2D eigenvalue weighted by molar-refractivity contribution is 5.26. The van der Waals surface area contributed by atoms with Gasteiger partial charge in [-0.1, -0.05) is 6.92 Å². The van der Waals surface area contributed by atoms with Crippen LogP contribution in [0.4, 0.5) is 0 Å². The first kappa shape index (κ1) is 9.16. The number of rotatable bonds is 3. The highest BCUT2D eigenvalue weighted by Crippen LogP contribution is 2.13. The van der Waals surface area contributed by atoms with Crippen molar-refractivity contribution in [1.82, 2.24) is 4.98 Å². The van der Waals surface area contributed by atoms with Crippen molar-refractivity contribution in [3.05, 3.63) is 29.6 Å². The van der Waals surface area contributed by atoms with Gasteiger partial charge >= 0.3 is 0 Å². The van der Waals surface area contributed by atoms with E-state index in [2.05, 4.69) is 11.9 Å². The van der Waals surface area contributed by atoms with Gasteiger partial charge in [-0.15, -0.1) is 0 Å². The van der Waals surface area contributed by atoms with E-state index in [9.17, 15) is 0 Å². The van der Waals surface area contributed by atoms with E-state index in [-0.39, 0.29) is 6.04 Å². The Morgan fingerprint density at radius 2 is 2.33 bits per heavy atom. The number of nitrogens with two attached hydrogens (primary N) is 2. The lowest BCUT2D eigenvalue weighted by atomic mass is 10.0. The Balaban J connectivity index is 2.96. The van der Waals surface area contributed by atoms with Crippen molar-refractivity contribution in [2.24, 2.45) is 11.5 Å². The van der Waals surface area contributed by atoms with Gasteiger partial charge in [-0.2, -0.15) is 0 Å². The van der Waals surface area contributed by atoms with E-state index in [0.29, 0.717) is 6.54 Å². The summed E-state index contributed by atoms with van der Waals surface area (Å²) in [6.07, 6.45) is 4.56. The molecule has 0 aliphatic rings. The van der Waals surface area contributed by atoms with Gasteiger partial charge in [0.25, 0.3) is 0 Å². The molecule has 0 aromatic carbocycles. The standard InChI is InChI=1S/C9H15N3/c1-2-7-3-4-12-6-8(7)9(11)5-10/h3-4,6,9H,2,5,10-11H2,1H3/t9-/m1/s1. The predicted octanol–water partition coefficient (Wildman–Crippen LogP) is 0.603. The van der Waals surface area contributed by atoms with E-state index in [4.69, 9.17) is 11.5 Å². The molecule has 0 aliphatic carbocycles. The lowest BCUT2D eigenvalue weighted by Gasteiger charge is -2.12. The highest BCUT2D eigenvalue weighted by Gasteiger charge is 2.07. The molecule has 0 amide bonds. The quantitative estimate of drug-likeness (QED) is 0.689. The fourth-order valence-electron chi connectivity index (χ4n) is 1.22. The van der Waals surface area contributed by atoms with Crippen molar-refractivity contribution in [3.8, 4) is 0 Å². The lowest BCUT2D eigenvalue weighted by molar-refractivity contribution is 0.722. The van der Waals surface area contributed by atoms with Crippen molar-refractivity contribution < 1.29 is 0 Å². The van der Waals surface area contributed by atoms with Crippen LogP contribution in [0.25, 0.3) is 0 Å². The molecule has 0 fully saturated rings. The Kier molecular flexibility index (Phi) is 3.19. The molecule has 4 N–H and O–H groups in total. The monoisotopic (exact) mass is 165 g/mol. The second-order valence-corrected chi connectivity index (χ2v) is 2.77. The van der Waals surface area contributed by atoms with Crippen LogP contribution in [-0.4, -0.2) is 11.5 Å². The molecule has 66 valence electrons. The first-order valence-electron chi connectivity index (χ1n) is 4.18. The second kappa shape index (κ2) is 4.18. The molecule has 0 radical (unpaired) electrons. The van der Waals surface area contributed by atoms with Crippen LogP contribution in [0.3, 0.4) is 0 Å². The molecule has 0 aliphatic heterocycles. The fourth-order valence-corrected chi connectivity index (χ4v) is 1.22. The number of nitrogens with zero attached hydrogens (tertiary/aromatic N) is 1. The summed E-state index contributed by atoms with van der Waals surface area (Å²) >= 11 is 0. The third-order valence-electron chi connectivity index (χ3n) is 1.98. The average molecular weight is 165 g/mol. The molecule has 1 atom stereocenters. The van der Waals surface area contributed by atoms with Crippen molar-refractivity contribution in [2.75, 3.05) is 6.54 Å². The third kappa shape index (κ3) is 1.81. The summed E-state index contributed by atoms with van der Waals surface area (Å²) in [6.45, 7) is 2.57. The largest absolute Gasteiger partial charge is 0.329 e. The zero-order valence-electron chi connectivity index (χ0n) is 7.33. The molecule has 1 aromatic rings. The van der Waals surface area contributed by atoms with E-state index < -0.39 is 0 Å². The van der Waals surface area contributed by atoms with Crippen LogP contribution in [0.1, 0.15) is 24.1 Å². The predicted molar refractivity (Wildman–Crippen MR) is 49.6 cm³/mol. The topological polar surface area (TPSA) is 64.9 Å². The molecule has 3 heteroatoms. The molecule has 0 saturated carbocycles. The van der Waals surface area contributed by atoms with E-state index in [1.54, 1.807) is 12.4 Å². The van der Waals surface area contributed by atoms with E-state index in [0.717, 1.165) is 12.0 Å². The van der Waals surface area contributed by atoms with Crippen molar-refractivity contribution in [3.63, 3.8) is 0 Å². The van der Waals surface area contributed by atoms with Crippen LogP contribution in [0, 0.1) is 0 Å². The first-order valence-corrected chi connectivity index (χ1v) is 4.18. The highest BCUT2D eigenvalue weighted by atomic mass is 14.7. The summed E-state index contributed by atoms with van der Waals surface area (Å²) in [7, 11) is 0. The molecule has 1 heterocycles.